The second-order valence-corrected chi connectivity index (χ2v) is 5.13. The molecule has 2 nitrogen and oxygen atoms in total. The van der Waals surface area contributed by atoms with Crippen LogP contribution < -0.4 is 5.32 Å². The van der Waals surface area contributed by atoms with Gasteiger partial charge < -0.3 is 10.1 Å². The second kappa shape index (κ2) is 6.00. The molecule has 0 radical (unpaired) electrons. The smallest absolute Gasteiger partial charge is 0.128 e. The zero-order valence-electron chi connectivity index (χ0n) is 10.3. The molecule has 1 aromatic rings. The number of piperidine rings is 1. The Morgan fingerprint density at radius 3 is 2.50 bits per heavy atom. The molecule has 1 N–H and O–H groups in total. The van der Waals surface area contributed by atoms with Crippen molar-refractivity contribution in [1.82, 2.24) is 5.32 Å². The molecule has 18 heavy (non-hydrogen) atoms. The molecule has 3 rings (SSSR count). The van der Waals surface area contributed by atoms with Crippen LogP contribution in [0.5, 0.6) is 0 Å². The predicted octanol–water partition coefficient (Wildman–Crippen LogP) is 3.05. The molecule has 0 spiro atoms. The van der Waals surface area contributed by atoms with Crippen LogP contribution in [0.4, 0.5) is 4.39 Å². The van der Waals surface area contributed by atoms with E-state index in [0.717, 1.165) is 12.8 Å². The van der Waals surface area contributed by atoms with Gasteiger partial charge in [0.1, 0.15) is 5.82 Å². The zero-order chi connectivity index (χ0) is 11.7. The van der Waals surface area contributed by atoms with E-state index < -0.39 is 0 Å². The molecule has 2 saturated heterocycles. The molecule has 2 bridgehead atoms. The Bertz CT molecular complexity index is 389. The van der Waals surface area contributed by atoms with Crippen LogP contribution in [0.1, 0.15) is 31.2 Å². The normalized spacial score (nSPS) is 29.9. The van der Waals surface area contributed by atoms with Crippen LogP contribution in [0.25, 0.3) is 0 Å². The molecule has 0 aromatic heterocycles. The zero-order valence-corrected chi connectivity index (χ0v) is 11.1. The standard InChI is InChI=1S/C14H18FNO.ClH/c15-14-4-2-1-3-10(14)9-17-13-7-11-5-6-12(8-13)16-11;/h1-4,11-13,16H,5-9H2;1H/t11-,12+,13?;. The van der Waals surface area contributed by atoms with Gasteiger partial charge in [0.2, 0.25) is 0 Å². The Hall–Kier alpha value is -0.640. The van der Waals surface area contributed by atoms with Crippen molar-refractivity contribution in [3.05, 3.63) is 35.6 Å². The van der Waals surface area contributed by atoms with Gasteiger partial charge in [0.05, 0.1) is 12.7 Å². The molecule has 3 atom stereocenters. The third-order valence-corrected chi connectivity index (χ3v) is 3.86. The number of benzene rings is 1. The van der Waals surface area contributed by atoms with Gasteiger partial charge in [0.25, 0.3) is 0 Å². The lowest BCUT2D eigenvalue weighted by atomic mass is 10.0. The maximum atomic E-state index is 13.4. The van der Waals surface area contributed by atoms with Crippen LogP contribution in [-0.2, 0) is 11.3 Å². The summed E-state index contributed by atoms with van der Waals surface area (Å²) in [7, 11) is 0. The number of nitrogens with one attached hydrogen (secondary N) is 1. The Morgan fingerprint density at radius 1 is 1.17 bits per heavy atom. The summed E-state index contributed by atoms with van der Waals surface area (Å²) in [5.74, 6) is -0.163. The largest absolute Gasteiger partial charge is 0.373 e. The summed E-state index contributed by atoms with van der Waals surface area (Å²) in [6.07, 6.45) is 4.98. The first-order valence-electron chi connectivity index (χ1n) is 6.42. The summed E-state index contributed by atoms with van der Waals surface area (Å²) in [4.78, 5) is 0. The highest BCUT2D eigenvalue weighted by molar-refractivity contribution is 5.85. The fraction of sp³-hybridized carbons (Fsp3) is 0.571. The van der Waals surface area contributed by atoms with Gasteiger partial charge >= 0.3 is 0 Å². The maximum absolute atomic E-state index is 13.4. The summed E-state index contributed by atoms with van der Waals surface area (Å²) >= 11 is 0. The van der Waals surface area contributed by atoms with E-state index in [1.165, 1.54) is 18.9 Å². The lowest BCUT2D eigenvalue weighted by molar-refractivity contribution is 0.00799. The van der Waals surface area contributed by atoms with Crippen LogP contribution in [-0.4, -0.2) is 18.2 Å². The van der Waals surface area contributed by atoms with Crippen LogP contribution in [0.2, 0.25) is 0 Å². The Kier molecular flexibility index (Phi) is 4.60. The molecule has 2 heterocycles. The van der Waals surface area contributed by atoms with E-state index in [-0.39, 0.29) is 18.2 Å². The van der Waals surface area contributed by atoms with Gasteiger partial charge in [-0.1, -0.05) is 18.2 Å². The molecule has 2 aliphatic heterocycles. The van der Waals surface area contributed by atoms with Crippen molar-refractivity contribution >= 4 is 12.4 Å². The van der Waals surface area contributed by atoms with Gasteiger partial charge in [-0.3, -0.25) is 0 Å². The quantitative estimate of drug-likeness (QED) is 0.912. The monoisotopic (exact) mass is 271 g/mol. The highest BCUT2D eigenvalue weighted by Gasteiger charge is 2.33. The van der Waals surface area contributed by atoms with E-state index >= 15 is 0 Å². The molecule has 0 amide bonds. The summed E-state index contributed by atoms with van der Waals surface area (Å²) in [6.45, 7) is 0.400. The van der Waals surface area contributed by atoms with Crippen molar-refractivity contribution in [2.24, 2.45) is 0 Å². The molecule has 0 saturated carbocycles. The number of halogens is 2. The lowest BCUT2D eigenvalue weighted by Crippen LogP contribution is -2.41. The molecule has 100 valence electrons. The second-order valence-electron chi connectivity index (χ2n) is 5.13. The summed E-state index contributed by atoms with van der Waals surface area (Å²) in [5.41, 5.74) is 0.665. The predicted molar refractivity (Wildman–Crippen MR) is 71.4 cm³/mol. The maximum Gasteiger partial charge on any atom is 0.128 e. The Balaban J connectivity index is 0.00000120. The summed E-state index contributed by atoms with van der Waals surface area (Å²) in [6, 6.07) is 8.10. The van der Waals surface area contributed by atoms with Gasteiger partial charge in [0.15, 0.2) is 0 Å². The molecule has 2 fully saturated rings. The number of hydrogen-bond donors (Lipinski definition) is 1. The lowest BCUT2D eigenvalue weighted by Gasteiger charge is -2.29. The molecular formula is C14H19ClFNO. The molecule has 0 aliphatic carbocycles. The van der Waals surface area contributed by atoms with Crippen molar-refractivity contribution in [2.75, 3.05) is 0 Å². The minimum absolute atomic E-state index is 0. The molecule has 4 heteroatoms. The molecule has 1 aromatic carbocycles. The average molecular weight is 272 g/mol. The van der Waals surface area contributed by atoms with Gasteiger partial charge in [-0.15, -0.1) is 12.4 Å². The van der Waals surface area contributed by atoms with E-state index in [1.54, 1.807) is 12.1 Å². The van der Waals surface area contributed by atoms with Gasteiger partial charge in [0, 0.05) is 17.6 Å². The third kappa shape index (κ3) is 3.02. The first-order chi connectivity index (χ1) is 8.31. The Morgan fingerprint density at radius 2 is 1.83 bits per heavy atom. The van der Waals surface area contributed by atoms with Gasteiger partial charge in [-0.2, -0.15) is 0 Å². The van der Waals surface area contributed by atoms with E-state index in [9.17, 15) is 4.39 Å². The molecule has 2 aliphatic rings. The highest BCUT2D eigenvalue weighted by atomic mass is 35.5. The number of rotatable bonds is 3. The number of hydrogen-bond acceptors (Lipinski definition) is 2. The van der Waals surface area contributed by atoms with E-state index in [1.807, 2.05) is 6.07 Å². The average Bonchev–Trinajstić information content (AvgIpc) is 2.68. The van der Waals surface area contributed by atoms with Crippen LogP contribution in [0.3, 0.4) is 0 Å². The fourth-order valence-corrected chi connectivity index (χ4v) is 2.96. The fourth-order valence-electron chi connectivity index (χ4n) is 2.96. The highest BCUT2D eigenvalue weighted by Crippen LogP contribution is 2.29. The molecular weight excluding hydrogens is 253 g/mol. The van der Waals surface area contributed by atoms with Crippen LogP contribution in [0, 0.1) is 5.82 Å². The third-order valence-electron chi connectivity index (χ3n) is 3.86. The Labute approximate surface area is 113 Å². The van der Waals surface area contributed by atoms with Crippen molar-refractivity contribution in [1.29, 1.82) is 0 Å². The number of ether oxygens (including phenoxy) is 1. The minimum atomic E-state index is -0.163. The van der Waals surface area contributed by atoms with E-state index in [2.05, 4.69) is 5.32 Å². The summed E-state index contributed by atoms with van der Waals surface area (Å²) in [5, 5.41) is 3.58. The van der Waals surface area contributed by atoms with Crippen molar-refractivity contribution in [2.45, 2.75) is 50.5 Å². The molecule has 1 unspecified atom stereocenters. The summed E-state index contributed by atoms with van der Waals surface area (Å²) < 4.78 is 19.3. The van der Waals surface area contributed by atoms with Crippen LogP contribution in [0.15, 0.2) is 24.3 Å². The van der Waals surface area contributed by atoms with Gasteiger partial charge in [-0.25, -0.2) is 4.39 Å². The minimum Gasteiger partial charge on any atom is -0.373 e. The first kappa shape index (κ1) is 13.8. The van der Waals surface area contributed by atoms with Crippen molar-refractivity contribution in [3.63, 3.8) is 0 Å². The van der Waals surface area contributed by atoms with Crippen LogP contribution >= 0.6 is 12.4 Å². The van der Waals surface area contributed by atoms with E-state index in [0.29, 0.717) is 30.4 Å². The van der Waals surface area contributed by atoms with Crippen molar-refractivity contribution in [3.8, 4) is 0 Å². The van der Waals surface area contributed by atoms with Crippen molar-refractivity contribution < 1.29 is 9.13 Å². The first-order valence-corrected chi connectivity index (χ1v) is 6.42. The topological polar surface area (TPSA) is 21.3 Å². The SMILES string of the molecule is Cl.Fc1ccccc1COC1C[C@H]2CC[C@@H](C1)N2. The van der Waals surface area contributed by atoms with Gasteiger partial charge in [-0.05, 0) is 31.7 Å². The van der Waals surface area contributed by atoms with E-state index in [4.69, 9.17) is 4.74 Å². The number of fused-ring (bicyclic) bond motifs is 2.